The van der Waals surface area contributed by atoms with E-state index >= 15 is 0 Å². The van der Waals surface area contributed by atoms with Crippen molar-refractivity contribution in [1.29, 1.82) is 0 Å². The minimum atomic E-state index is -4.49. The number of halogens is 6. The normalized spacial score (nSPS) is 13.2. The molecule has 0 saturated heterocycles. The summed E-state index contributed by atoms with van der Waals surface area (Å²) in [5.41, 5.74) is 3.77. The van der Waals surface area contributed by atoms with Crippen molar-refractivity contribution in [3.05, 3.63) is 83.4 Å². The molecule has 2 atom stereocenters. The molecule has 2 aromatic carbocycles. The van der Waals surface area contributed by atoms with Crippen molar-refractivity contribution in [2.75, 3.05) is 26.4 Å². The van der Waals surface area contributed by atoms with Crippen molar-refractivity contribution in [2.45, 2.75) is 67.3 Å². The van der Waals surface area contributed by atoms with Crippen LogP contribution in [-0.2, 0) is 33.1 Å². The molecular formula is C37H36F6N6O6S2. The first-order chi connectivity index (χ1) is 27.1. The monoisotopic (exact) mass is 838 g/mol. The quantitative estimate of drug-likeness (QED) is 0.0644. The number of ether oxygens (including phenoxy) is 4. The summed E-state index contributed by atoms with van der Waals surface area (Å²) in [6.45, 7) is 1.12. The molecule has 0 amide bonds. The van der Waals surface area contributed by atoms with Gasteiger partial charge in [-0.15, -0.1) is 0 Å². The molecule has 4 aromatic heterocycles. The summed E-state index contributed by atoms with van der Waals surface area (Å²) in [6.07, 6.45) is -4.05. The zero-order valence-corrected chi connectivity index (χ0v) is 32.1. The fraction of sp³-hybridized carbons (Fsp3) is 0.351. The van der Waals surface area contributed by atoms with Crippen molar-refractivity contribution in [2.24, 2.45) is 0 Å². The number of aromatic amines is 2. The van der Waals surface area contributed by atoms with Gasteiger partial charge in [0.1, 0.15) is 23.0 Å². The molecule has 2 N–H and O–H groups in total. The van der Waals surface area contributed by atoms with E-state index in [1.165, 1.54) is 24.5 Å². The van der Waals surface area contributed by atoms with Gasteiger partial charge in [0.25, 0.3) is 0 Å². The summed E-state index contributed by atoms with van der Waals surface area (Å²) in [7, 11) is -3.33. The van der Waals surface area contributed by atoms with E-state index in [-0.39, 0.29) is 33.3 Å². The van der Waals surface area contributed by atoms with Gasteiger partial charge in [-0.05, 0) is 69.5 Å². The van der Waals surface area contributed by atoms with Crippen LogP contribution in [0.15, 0.2) is 71.2 Å². The zero-order chi connectivity index (χ0) is 40.7. The van der Waals surface area contributed by atoms with Crippen LogP contribution in [-0.4, -0.2) is 77.1 Å². The van der Waals surface area contributed by atoms with Crippen LogP contribution in [0.1, 0.15) is 41.8 Å². The number of benzene rings is 2. The number of imidazole rings is 2. The van der Waals surface area contributed by atoms with E-state index in [2.05, 4.69) is 29.9 Å². The maximum absolute atomic E-state index is 13.1. The highest BCUT2D eigenvalue weighted by molar-refractivity contribution is 7.84. The molecule has 2 unspecified atom stereocenters. The van der Waals surface area contributed by atoms with Crippen LogP contribution in [0.3, 0.4) is 0 Å². The molecule has 6 rings (SSSR count). The van der Waals surface area contributed by atoms with Gasteiger partial charge < -0.3 is 28.9 Å². The van der Waals surface area contributed by atoms with Crippen LogP contribution in [0.5, 0.6) is 23.0 Å². The van der Waals surface area contributed by atoms with Crippen molar-refractivity contribution < 1.29 is 53.7 Å². The Morgan fingerprint density at radius 2 is 1.02 bits per heavy atom. The highest BCUT2D eigenvalue weighted by Gasteiger charge is 2.30. The van der Waals surface area contributed by atoms with Gasteiger partial charge >= 0.3 is 12.4 Å². The van der Waals surface area contributed by atoms with Gasteiger partial charge in [0.15, 0.2) is 23.5 Å². The molecule has 0 bridgehead atoms. The average molecular weight is 839 g/mol. The van der Waals surface area contributed by atoms with Crippen molar-refractivity contribution in [3.63, 3.8) is 0 Å². The second kappa shape index (κ2) is 17.9. The van der Waals surface area contributed by atoms with Gasteiger partial charge in [-0.1, -0.05) is 0 Å². The van der Waals surface area contributed by atoms with Crippen LogP contribution in [0, 0.1) is 13.8 Å². The number of aromatic nitrogens is 6. The lowest BCUT2D eigenvalue weighted by Gasteiger charge is -2.13. The second-order valence-corrected chi connectivity index (χ2v) is 15.5. The molecule has 0 saturated carbocycles. The molecule has 20 heteroatoms. The lowest BCUT2D eigenvalue weighted by atomic mass is 10.2. The predicted octanol–water partition coefficient (Wildman–Crippen LogP) is 7.97. The van der Waals surface area contributed by atoms with E-state index in [0.717, 1.165) is 19.3 Å². The Hall–Kier alpha value is -5.24. The van der Waals surface area contributed by atoms with Crippen molar-refractivity contribution in [1.82, 2.24) is 29.9 Å². The third kappa shape index (κ3) is 11.4. The van der Waals surface area contributed by atoms with E-state index in [1.807, 2.05) is 0 Å². The summed E-state index contributed by atoms with van der Waals surface area (Å²) in [5, 5.41) is 0.390. The molecule has 304 valence electrons. The second-order valence-electron chi connectivity index (χ2n) is 12.7. The SMILES string of the molecule is Cc1c(OCC(F)(F)F)ccnc1CS(=O)c1nc2ccc(OCCCCCOc3ccc4nc(S(=O)Cc5nccc(OCC(F)(F)F)c5C)[nH]c4c3)cc2[nH]1. The number of fused-ring (bicyclic) bond motifs is 2. The Morgan fingerprint density at radius 3 is 1.42 bits per heavy atom. The predicted molar refractivity (Wildman–Crippen MR) is 198 cm³/mol. The highest BCUT2D eigenvalue weighted by atomic mass is 32.2. The molecule has 4 heterocycles. The van der Waals surface area contributed by atoms with Crippen molar-refractivity contribution >= 4 is 43.7 Å². The molecule has 0 aliphatic carbocycles. The molecule has 6 aromatic rings. The van der Waals surface area contributed by atoms with Crippen LogP contribution in [0.4, 0.5) is 26.3 Å². The topological polar surface area (TPSA) is 154 Å². The molecule has 0 aliphatic heterocycles. The van der Waals surface area contributed by atoms with Crippen LogP contribution in [0.2, 0.25) is 0 Å². The van der Waals surface area contributed by atoms with E-state index in [9.17, 15) is 34.8 Å². The molecule has 12 nitrogen and oxygen atoms in total. The van der Waals surface area contributed by atoms with Crippen LogP contribution in [0.25, 0.3) is 22.1 Å². The lowest BCUT2D eigenvalue weighted by molar-refractivity contribution is -0.154. The van der Waals surface area contributed by atoms with E-state index < -0.39 is 47.2 Å². The number of H-pyrrole nitrogens is 2. The Balaban J connectivity index is 0.931. The summed E-state index contributed by atoms with van der Waals surface area (Å²) < 4.78 is 123. The maximum atomic E-state index is 13.1. The van der Waals surface area contributed by atoms with E-state index in [1.54, 1.807) is 50.2 Å². The first kappa shape index (κ1) is 41.4. The molecule has 0 aliphatic rings. The molecule has 0 fully saturated rings. The largest absolute Gasteiger partial charge is 0.494 e. The average Bonchev–Trinajstić information content (AvgIpc) is 3.79. The van der Waals surface area contributed by atoms with Gasteiger partial charge in [-0.25, -0.2) is 9.97 Å². The minimum Gasteiger partial charge on any atom is -0.494 e. The Bertz CT molecular complexity index is 2220. The van der Waals surface area contributed by atoms with Gasteiger partial charge in [0.05, 0.1) is 79.8 Å². The van der Waals surface area contributed by atoms with E-state index in [0.29, 0.717) is 69.3 Å². The highest BCUT2D eigenvalue weighted by Crippen LogP contribution is 2.28. The number of rotatable bonds is 18. The Morgan fingerprint density at radius 1 is 0.596 bits per heavy atom. The summed E-state index contributed by atoms with van der Waals surface area (Å²) in [4.78, 5) is 23.2. The third-order valence-corrected chi connectivity index (χ3v) is 10.8. The van der Waals surface area contributed by atoms with Gasteiger partial charge in [0.2, 0.25) is 0 Å². The van der Waals surface area contributed by atoms with Gasteiger partial charge in [0, 0.05) is 35.7 Å². The minimum absolute atomic E-state index is 0.0191. The zero-order valence-electron chi connectivity index (χ0n) is 30.5. The number of hydrogen-bond donors (Lipinski definition) is 2. The van der Waals surface area contributed by atoms with E-state index in [4.69, 9.17) is 18.9 Å². The summed E-state index contributed by atoms with van der Waals surface area (Å²) in [6, 6.07) is 13.1. The fourth-order valence-electron chi connectivity index (χ4n) is 5.51. The number of nitrogens with zero attached hydrogens (tertiary/aromatic N) is 4. The Kier molecular flexibility index (Phi) is 13.0. The maximum Gasteiger partial charge on any atom is 0.422 e. The molecule has 57 heavy (non-hydrogen) atoms. The number of pyridine rings is 2. The molecule has 0 radical (unpaired) electrons. The smallest absolute Gasteiger partial charge is 0.422 e. The van der Waals surface area contributed by atoms with Crippen LogP contribution < -0.4 is 18.9 Å². The first-order valence-corrected chi connectivity index (χ1v) is 20.1. The van der Waals surface area contributed by atoms with Crippen molar-refractivity contribution in [3.8, 4) is 23.0 Å². The lowest BCUT2D eigenvalue weighted by Crippen LogP contribution is -2.20. The number of nitrogens with one attached hydrogen (secondary N) is 2. The molecule has 0 spiro atoms. The fourth-order valence-corrected chi connectivity index (χ4v) is 7.71. The summed E-state index contributed by atoms with van der Waals surface area (Å²) >= 11 is 0. The van der Waals surface area contributed by atoms with Crippen LogP contribution >= 0.6 is 0 Å². The Labute approximate surface area is 326 Å². The van der Waals surface area contributed by atoms with Gasteiger partial charge in [-0.3, -0.25) is 18.4 Å². The third-order valence-electron chi connectivity index (χ3n) is 8.46. The molecular weight excluding hydrogens is 803 g/mol. The standard InChI is InChI=1S/C37H36F6N6O6S2/c1-22-30(44-12-10-32(22)54-20-36(38,39)40)18-56(50)34-46-26-8-6-24(16-28(26)48-34)52-14-4-3-5-15-53-25-7-9-27-29(17-25)49-35(47-27)57(51)19-31-23(2)33(11-13-45-31)55-21-37(41,42)43/h6-13,16-17H,3-5,14-15,18-21H2,1-2H3,(H,46,48)(H,47,49). The summed E-state index contributed by atoms with van der Waals surface area (Å²) in [5.74, 6) is 1.08. The number of hydrogen-bond acceptors (Lipinski definition) is 10. The number of unbranched alkanes of at least 4 members (excludes halogenated alkanes) is 2. The number of alkyl halides is 6. The first-order valence-electron chi connectivity index (χ1n) is 17.4. The van der Waals surface area contributed by atoms with Gasteiger partial charge in [-0.2, -0.15) is 26.3 Å².